The lowest BCUT2D eigenvalue weighted by atomic mass is 10.1. The number of anilines is 3. The van der Waals surface area contributed by atoms with Crippen molar-refractivity contribution in [3.05, 3.63) is 42.6 Å². The van der Waals surface area contributed by atoms with Crippen molar-refractivity contribution in [3.63, 3.8) is 0 Å². The number of aromatic nitrogens is 1. The second-order valence-corrected chi connectivity index (χ2v) is 8.36. The van der Waals surface area contributed by atoms with Crippen LogP contribution in [0.5, 0.6) is 0 Å². The minimum absolute atomic E-state index is 0.00612. The van der Waals surface area contributed by atoms with Crippen molar-refractivity contribution < 1.29 is 14.3 Å². The maximum Gasteiger partial charge on any atom is 0.261 e. The van der Waals surface area contributed by atoms with Crippen molar-refractivity contribution in [2.75, 3.05) is 41.4 Å². The number of para-hydroxylation sites is 1. The lowest BCUT2D eigenvalue weighted by molar-refractivity contribution is -0.121. The van der Waals surface area contributed by atoms with Crippen LogP contribution in [0.3, 0.4) is 0 Å². The largest absolute Gasteiger partial charge is 0.378 e. The van der Waals surface area contributed by atoms with Gasteiger partial charge >= 0.3 is 0 Å². The monoisotopic (exact) mass is 396 g/mol. The molecule has 5 rings (SSSR count). The number of nitrogens with zero attached hydrogens (tertiary/aromatic N) is 3. The van der Waals surface area contributed by atoms with Gasteiger partial charge in [0.25, 0.3) is 5.91 Å². The molecule has 3 aliphatic heterocycles. The molecule has 0 spiro atoms. The third-order valence-electron chi connectivity index (χ3n) is 5.37. The van der Waals surface area contributed by atoms with Gasteiger partial charge in [-0.3, -0.25) is 14.5 Å². The number of amides is 2. The molecule has 3 aliphatic rings. The van der Waals surface area contributed by atoms with E-state index in [4.69, 9.17) is 4.74 Å². The molecular weight excluding hydrogens is 376 g/mol. The van der Waals surface area contributed by atoms with Gasteiger partial charge in [0.05, 0.1) is 30.8 Å². The number of morpholine rings is 1. The molecule has 4 heterocycles. The zero-order valence-corrected chi connectivity index (χ0v) is 16.1. The van der Waals surface area contributed by atoms with Crippen LogP contribution in [0.15, 0.2) is 47.5 Å². The van der Waals surface area contributed by atoms with E-state index in [1.807, 2.05) is 36.4 Å². The SMILES string of the molecule is O=C1CCC2(C(=O)Nc3ccc(N4CCOCC4)nc3)Sc3ccccc3N12. The van der Waals surface area contributed by atoms with Crippen LogP contribution in [0.25, 0.3) is 0 Å². The number of carbonyl (C=O) groups is 2. The molecule has 1 aromatic carbocycles. The zero-order valence-electron chi connectivity index (χ0n) is 15.3. The third-order valence-corrected chi connectivity index (χ3v) is 6.84. The number of pyridine rings is 1. The Bertz CT molecular complexity index is 929. The van der Waals surface area contributed by atoms with Crippen molar-refractivity contribution in [2.45, 2.75) is 22.6 Å². The smallest absolute Gasteiger partial charge is 0.261 e. The molecule has 1 N–H and O–H groups in total. The Hall–Kier alpha value is -2.58. The van der Waals surface area contributed by atoms with E-state index in [9.17, 15) is 9.59 Å². The molecular formula is C20H20N4O3S. The summed E-state index contributed by atoms with van der Waals surface area (Å²) < 4.78 is 5.37. The number of hydrogen-bond donors (Lipinski definition) is 1. The van der Waals surface area contributed by atoms with Crippen LogP contribution in [0.4, 0.5) is 17.2 Å². The summed E-state index contributed by atoms with van der Waals surface area (Å²) in [5, 5.41) is 2.97. The van der Waals surface area contributed by atoms with Crippen molar-refractivity contribution in [1.29, 1.82) is 0 Å². The number of hydrogen-bond acceptors (Lipinski definition) is 6. The number of ether oxygens (including phenoxy) is 1. The Morgan fingerprint density at radius 2 is 2.00 bits per heavy atom. The van der Waals surface area contributed by atoms with Crippen molar-refractivity contribution in [2.24, 2.45) is 0 Å². The van der Waals surface area contributed by atoms with Gasteiger partial charge in [-0.05, 0) is 30.7 Å². The molecule has 1 atom stereocenters. The average molecular weight is 396 g/mol. The molecule has 8 heteroatoms. The quantitative estimate of drug-likeness (QED) is 0.859. The van der Waals surface area contributed by atoms with E-state index in [0.29, 0.717) is 31.7 Å². The Morgan fingerprint density at radius 3 is 2.79 bits per heavy atom. The van der Waals surface area contributed by atoms with Gasteiger partial charge in [-0.2, -0.15) is 0 Å². The van der Waals surface area contributed by atoms with E-state index in [1.165, 1.54) is 11.8 Å². The number of benzene rings is 1. The molecule has 1 aromatic heterocycles. The number of thioether (sulfide) groups is 1. The molecule has 7 nitrogen and oxygen atoms in total. The number of carbonyl (C=O) groups excluding carboxylic acids is 2. The predicted molar refractivity (Wildman–Crippen MR) is 108 cm³/mol. The topological polar surface area (TPSA) is 74.8 Å². The van der Waals surface area contributed by atoms with Gasteiger partial charge < -0.3 is 15.0 Å². The van der Waals surface area contributed by atoms with E-state index in [0.717, 1.165) is 29.5 Å². The molecule has 0 saturated carbocycles. The first-order valence-corrected chi connectivity index (χ1v) is 10.2. The van der Waals surface area contributed by atoms with Crippen molar-refractivity contribution in [3.8, 4) is 0 Å². The van der Waals surface area contributed by atoms with Gasteiger partial charge in [0.15, 0.2) is 4.87 Å². The van der Waals surface area contributed by atoms with Crippen molar-refractivity contribution >= 4 is 40.8 Å². The van der Waals surface area contributed by atoms with Crippen LogP contribution in [-0.4, -0.2) is 48.0 Å². The van der Waals surface area contributed by atoms with Gasteiger partial charge in [-0.1, -0.05) is 23.9 Å². The second kappa shape index (κ2) is 6.79. The van der Waals surface area contributed by atoms with Gasteiger partial charge in [0.2, 0.25) is 5.91 Å². The van der Waals surface area contributed by atoms with E-state index in [1.54, 1.807) is 11.1 Å². The molecule has 0 bridgehead atoms. The van der Waals surface area contributed by atoms with Gasteiger partial charge in [0.1, 0.15) is 5.82 Å². The van der Waals surface area contributed by atoms with Crippen LogP contribution in [-0.2, 0) is 14.3 Å². The van der Waals surface area contributed by atoms with Crippen LogP contribution in [0, 0.1) is 0 Å². The third kappa shape index (κ3) is 2.75. The summed E-state index contributed by atoms with van der Waals surface area (Å²) in [6.45, 7) is 3.02. The summed E-state index contributed by atoms with van der Waals surface area (Å²) in [6, 6.07) is 11.5. The summed E-state index contributed by atoms with van der Waals surface area (Å²) in [7, 11) is 0. The summed E-state index contributed by atoms with van der Waals surface area (Å²) >= 11 is 1.46. The minimum Gasteiger partial charge on any atom is -0.378 e. The Labute approximate surface area is 167 Å². The summed E-state index contributed by atoms with van der Waals surface area (Å²) in [4.78, 5) is 34.1. The second-order valence-electron chi connectivity index (χ2n) is 7.04. The normalized spacial score (nSPS) is 23.5. The van der Waals surface area contributed by atoms with E-state index >= 15 is 0 Å². The average Bonchev–Trinajstić information content (AvgIpc) is 3.25. The Balaban J connectivity index is 1.36. The molecule has 2 aromatic rings. The highest BCUT2D eigenvalue weighted by Gasteiger charge is 2.57. The fourth-order valence-corrected chi connectivity index (χ4v) is 5.38. The maximum absolute atomic E-state index is 13.2. The summed E-state index contributed by atoms with van der Waals surface area (Å²) in [6.07, 6.45) is 2.55. The van der Waals surface area contributed by atoms with Crippen LogP contribution >= 0.6 is 11.8 Å². The molecule has 2 saturated heterocycles. The first-order chi connectivity index (χ1) is 13.7. The van der Waals surface area contributed by atoms with E-state index in [-0.39, 0.29) is 11.8 Å². The molecule has 144 valence electrons. The van der Waals surface area contributed by atoms with E-state index < -0.39 is 4.87 Å². The first kappa shape index (κ1) is 17.5. The van der Waals surface area contributed by atoms with Crippen molar-refractivity contribution in [1.82, 2.24) is 4.98 Å². The summed E-state index contributed by atoms with van der Waals surface area (Å²) in [5.41, 5.74) is 1.46. The molecule has 2 fully saturated rings. The molecule has 0 aliphatic carbocycles. The molecule has 0 radical (unpaired) electrons. The van der Waals surface area contributed by atoms with Gasteiger partial charge in [-0.15, -0.1) is 0 Å². The molecule has 1 unspecified atom stereocenters. The van der Waals surface area contributed by atoms with Gasteiger partial charge in [-0.25, -0.2) is 4.98 Å². The number of fused-ring (bicyclic) bond motifs is 3. The maximum atomic E-state index is 13.2. The lowest BCUT2D eigenvalue weighted by Crippen LogP contribution is -2.49. The number of rotatable bonds is 3. The Kier molecular flexibility index (Phi) is 4.25. The fourth-order valence-electron chi connectivity index (χ4n) is 3.97. The highest BCUT2D eigenvalue weighted by atomic mass is 32.2. The highest BCUT2D eigenvalue weighted by Crippen LogP contribution is 2.55. The van der Waals surface area contributed by atoms with Crippen LogP contribution < -0.4 is 15.1 Å². The molecule has 2 amide bonds. The van der Waals surface area contributed by atoms with Crippen LogP contribution in [0.1, 0.15) is 12.8 Å². The highest BCUT2D eigenvalue weighted by molar-refractivity contribution is 8.02. The fraction of sp³-hybridized carbons (Fsp3) is 0.350. The number of nitrogens with one attached hydrogen (secondary N) is 1. The Morgan fingerprint density at radius 1 is 1.18 bits per heavy atom. The zero-order chi connectivity index (χ0) is 19.1. The molecule has 28 heavy (non-hydrogen) atoms. The lowest BCUT2D eigenvalue weighted by Gasteiger charge is -2.30. The van der Waals surface area contributed by atoms with Gasteiger partial charge in [0, 0.05) is 24.4 Å². The van der Waals surface area contributed by atoms with E-state index in [2.05, 4.69) is 15.2 Å². The standard InChI is InChI=1S/C20H20N4O3S/c25-18-7-8-20(24(18)15-3-1-2-4-16(15)28-20)19(26)22-14-5-6-17(21-13-14)23-9-11-27-12-10-23/h1-6,13H,7-12H2,(H,22,26). The predicted octanol–water partition coefficient (Wildman–Crippen LogP) is 2.49. The van der Waals surface area contributed by atoms with Crippen LogP contribution in [0.2, 0.25) is 0 Å². The first-order valence-electron chi connectivity index (χ1n) is 9.39. The minimum atomic E-state index is -0.913. The summed E-state index contributed by atoms with van der Waals surface area (Å²) in [5.74, 6) is 0.689.